The molecule has 0 aliphatic heterocycles. The average Bonchev–Trinajstić information content (AvgIpc) is 3.25. The second-order valence-corrected chi connectivity index (χ2v) is 9.41. The number of aromatic amines is 1. The van der Waals surface area contributed by atoms with Gasteiger partial charge in [0.2, 0.25) is 23.6 Å². The van der Waals surface area contributed by atoms with Crippen molar-refractivity contribution in [2.45, 2.75) is 57.3 Å². The Morgan fingerprint density at radius 1 is 1.00 bits per heavy atom. The van der Waals surface area contributed by atoms with Crippen molar-refractivity contribution in [2.75, 3.05) is 5.75 Å². The molecular weight excluding hydrogens is 500 g/mol. The number of carbonyl (C=O) groups excluding carboxylic acids is 4. The first-order chi connectivity index (χ1) is 17.4. The molecule has 0 saturated heterocycles. The summed E-state index contributed by atoms with van der Waals surface area (Å²) in [5.41, 5.74) is 12.5. The van der Waals surface area contributed by atoms with Gasteiger partial charge in [-0.1, -0.05) is 32.0 Å². The van der Waals surface area contributed by atoms with Gasteiger partial charge >= 0.3 is 5.97 Å². The highest BCUT2D eigenvalue weighted by Crippen LogP contribution is 2.19. The summed E-state index contributed by atoms with van der Waals surface area (Å²) >= 11 is 4.03. The van der Waals surface area contributed by atoms with E-state index < -0.39 is 59.7 Å². The summed E-state index contributed by atoms with van der Waals surface area (Å²) in [6, 6.07) is 2.93. The van der Waals surface area contributed by atoms with Gasteiger partial charge in [-0.05, 0) is 24.0 Å². The van der Waals surface area contributed by atoms with Gasteiger partial charge < -0.3 is 37.5 Å². The van der Waals surface area contributed by atoms with Gasteiger partial charge in [0, 0.05) is 35.7 Å². The van der Waals surface area contributed by atoms with Crippen molar-refractivity contribution in [2.24, 2.45) is 17.4 Å². The minimum absolute atomic E-state index is 0.0617. The predicted octanol–water partition coefficient (Wildman–Crippen LogP) is -0.572. The van der Waals surface area contributed by atoms with E-state index in [0.29, 0.717) is 0 Å². The minimum Gasteiger partial charge on any atom is -0.480 e. The lowest BCUT2D eigenvalue weighted by Gasteiger charge is -2.27. The van der Waals surface area contributed by atoms with Crippen molar-refractivity contribution in [1.29, 1.82) is 0 Å². The van der Waals surface area contributed by atoms with Gasteiger partial charge in [0.05, 0.1) is 6.04 Å². The van der Waals surface area contributed by atoms with Gasteiger partial charge in [0.25, 0.3) is 0 Å². The topological polar surface area (TPSA) is 210 Å². The van der Waals surface area contributed by atoms with Gasteiger partial charge in [-0.15, -0.1) is 0 Å². The Morgan fingerprint density at radius 2 is 1.65 bits per heavy atom. The number of benzene rings is 1. The number of fused-ring (bicyclic) bond motifs is 1. The van der Waals surface area contributed by atoms with Gasteiger partial charge in [-0.2, -0.15) is 12.6 Å². The summed E-state index contributed by atoms with van der Waals surface area (Å²) in [4.78, 5) is 64.5. The lowest BCUT2D eigenvalue weighted by molar-refractivity contribution is -0.143. The lowest BCUT2D eigenvalue weighted by Crippen LogP contribution is -2.59. The van der Waals surface area contributed by atoms with Crippen LogP contribution in [0.25, 0.3) is 10.9 Å². The number of rotatable bonds is 14. The van der Waals surface area contributed by atoms with Crippen LogP contribution in [0, 0.1) is 5.92 Å². The van der Waals surface area contributed by atoms with Crippen LogP contribution < -0.4 is 27.4 Å². The summed E-state index contributed by atoms with van der Waals surface area (Å²) in [6.45, 7) is 3.35. The molecule has 13 heteroatoms. The number of carboxylic acids is 1. The van der Waals surface area contributed by atoms with E-state index in [1.807, 2.05) is 24.3 Å². The number of H-pyrrole nitrogens is 1. The molecular formula is C24H34N6O6S. The normalized spacial score (nSPS) is 14.4. The number of aromatic nitrogens is 1. The molecule has 9 N–H and O–H groups in total. The number of hydrogen-bond donors (Lipinski definition) is 8. The Morgan fingerprint density at radius 3 is 2.24 bits per heavy atom. The Kier molecular flexibility index (Phi) is 10.9. The Balaban J connectivity index is 2.25. The molecule has 4 atom stereocenters. The average molecular weight is 535 g/mol. The maximum atomic E-state index is 13.4. The first-order valence-electron chi connectivity index (χ1n) is 11.8. The monoisotopic (exact) mass is 534 g/mol. The molecule has 2 rings (SSSR count). The Bertz CT molecular complexity index is 1140. The van der Waals surface area contributed by atoms with Crippen molar-refractivity contribution >= 4 is 53.1 Å². The molecule has 0 radical (unpaired) electrons. The van der Waals surface area contributed by atoms with Gasteiger partial charge in [-0.3, -0.25) is 19.2 Å². The van der Waals surface area contributed by atoms with Crippen LogP contribution in [-0.4, -0.2) is 69.6 Å². The van der Waals surface area contributed by atoms with Crippen molar-refractivity contribution in [3.8, 4) is 0 Å². The van der Waals surface area contributed by atoms with Crippen molar-refractivity contribution < 1.29 is 29.1 Å². The van der Waals surface area contributed by atoms with E-state index in [0.717, 1.165) is 16.5 Å². The molecule has 4 amide bonds. The van der Waals surface area contributed by atoms with Crippen LogP contribution in [0.15, 0.2) is 30.5 Å². The predicted molar refractivity (Wildman–Crippen MR) is 141 cm³/mol. The molecule has 0 aliphatic rings. The second-order valence-electron chi connectivity index (χ2n) is 9.05. The molecule has 1 aromatic heterocycles. The van der Waals surface area contributed by atoms with E-state index >= 15 is 0 Å². The number of carboxylic acid groups (broad SMARTS) is 1. The molecule has 1 heterocycles. The van der Waals surface area contributed by atoms with Gasteiger partial charge in [-0.25, -0.2) is 4.79 Å². The van der Waals surface area contributed by atoms with Gasteiger partial charge in [0.15, 0.2) is 0 Å². The molecule has 0 aliphatic carbocycles. The molecule has 0 saturated carbocycles. The van der Waals surface area contributed by atoms with Crippen LogP contribution in [0.5, 0.6) is 0 Å². The van der Waals surface area contributed by atoms with E-state index in [-0.39, 0.29) is 25.0 Å². The van der Waals surface area contributed by atoms with Crippen LogP contribution in [-0.2, 0) is 30.4 Å². The standard InChI is InChI=1S/C24H34N6O6S/c1-12(2)20(23(34)28-17(24(35)36)7-8-19(26)31)30-22(33)18(29-21(32)15(25)11-37)9-13-10-27-16-6-4-3-5-14(13)16/h3-6,10,12,15,17-18,20,27,37H,7-9,11,25H2,1-2H3,(H2,26,31)(H,28,34)(H,29,32)(H,30,33)(H,35,36). The highest BCUT2D eigenvalue weighted by Gasteiger charge is 2.32. The van der Waals surface area contributed by atoms with Crippen molar-refractivity contribution in [1.82, 2.24) is 20.9 Å². The number of nitrogens with one attached hydrogen (secondary N) is 4. The Hall–Kier alpha value is -3.58. The fourth-order valence-electron chi connectivity index (χ4n) is 3.69. The number of thiol groups is 1. The van der Waals surface area contributed by atoms with Crippen LogP contribution in [0.3, 0.4) is 0 Å². The highest BCUT2D eigenvalue weighted by molar-refractivity contribution is 7.80. The first-order valence-corrected chi connectivity index (χ1v) is 12.4. The zero-order chi connectivity index (χ0) is 27.7. The lowest BCUT2D eigenvalue weighted by atomic mass is 10.00. The first kappa shape index (κ1) is 29.6. The van der Waals surface area contributed by atoms with E-state index in [2.05, 4.69) is 33.6 Å². The Labute approximate surface area is 219 Å². The van der Waals surface area contributed by atoms with E-state index in [1.54, 1.807) is 20.0 Å². The number of nitrogens with two attached hydrogens (primary N) is 2. The molecule has 37 heavy (non-hydrogen) atoms. The summed E-state index contributed by atoms with van der Waals surface area (Å²) in [5.74, 6) is -4.39. The molecule has 202 valence electrons. The minimum atomic E-state index is -1.37. The van der Waals surface area contributed by atoms with Crippen molar-refractivity contribution in [3.63, 3.8) is 0 Å². The molecule has 0 fully saturated rings. The quantitative estimate of drug-likeness (QED) is 0.148. The zero-order valence-corrected chi connectivity index (χ0v) is 21.6. The van der Waals surface area contributed by atoms with Crippen LogP contribution >= 0.6 is 12.6 Å². The van der Waals surface area contributed by atoms with Crippen molar-refractivity contribution in [3.05, 3.63) is 36.0 Å². The molecule has 4 unspecified atom stereocenters. The number of para-hydroxylation sites is 1. The number of carbonyl (C=O) groups is 5. The molecule has 12 nitrogen and oxygen atoms in total. The second kappa shape index (κ2) is 13.7. The third-order valence-electron chi connectivity index (χ3n) is 5.81. The van der Waals surface area contributed by atoms with Crippen LogP contribution in [0.4, 0.5) is 0 Å². The number of primary amides is 1. The highest BCUT2D eigenvalue weighted by atomic mass is 32.1. The third kappa shape index (κ3) is 8.50. The number of hydrogen-bond acceptors (Lipinski definition) is 7. The van der Waals surface area contributed by atoms with Gasteiger partial charge in [0.1, 0.15) is 18.1 Å². The van der Waals surface area contributed by atoms with Crippen LogP contribution in [0.1, 0.15) is 32.3 Å². The summed E-state index contributed by atoms with van der Waals surface area (Å²) in [7, 11) is 0. The summed E-state index contributed by atoms with van der Waals surface area (Å²) in [5, 5.41) is 17.9. The number of aliphatic carboxylic acids is 1. The molecule has 0 bridgehead atoms. The fraction of sp³-hybridized carbons (Fsp3) is 0.458. The largest absolute Gasteiger partial charge is 0.480 e. The summed E-state index contributed by atoms with van der Waals surface area (Å²) < 4.78 is 0. The van der Waals surface area contributed by atoms with E-state index in [4.69, 9.17) is 11.5 Å². The number of amides is 4. The maximum Gasteiger partial charge on any atom is 0.326 e. The van der Waals surface area contributed by atoms with Crippen LogP contribution in [0.2, 0.25) is 0 Å². The summed E-state index contributed by atoms with van der Waals surface area (Å²) in [6.07, 6.45) is 1.40. The smallest absolute Gasteiger partial charge is 0.326 e. The third-order valence-corrected chi connectivity index (χ3v) is 6.20. The molecule has 2 aromatic rings. The fourth-order valence-corrected chi connectivity index (χ4v) is 3.85. The zero-order valence-electron chi connectivity index (χ0n) is 20.7. The SMILES string of the molecule is CC(C)C(NC(=O)C(Cc1c[nH]c2ccccc12)NC(=O)C(N)CS)C(=O)NC(CCC(N)=O)C(=O)O. The molecule has 0 spiro atoms. The maximum absolute atomic E-state index is 13.4. The van der Waals surface area contributed by atoms with E-state index in [9.17, 15) is 29.1 Å². The molecule has 1 aromatic carbocycles. The van der Waals surface area contributed by atoms with E-state index in [1.165, 1.54) is 0 Å².